The van der Waals surface area contributed by atoms with Gasteiger partial charge in [-0.15, -0.1) is 0 Å². The largest absolute Gasteiger partial charge is 0.360 e. The van der Waals surface area contributed by atoms with Crippen LogP contribution in [0, 0.1) is 6.92 Å². The van der Waals surface area contributed by atoms with Gasteiger partial charge in [-0.25, -0.2) is 0 Å². The molecule has 0 saturated carbocycles. The molecular formula is C12H18N4O3. The van der Waals surface area contributed by atoms with Gasteiger partial charge in [-0.05, 0) is 26.3 Å². The minimum absolute atomic E-state index is 0.00290. The first-order valence-electron chi connectivity index (χ1n) is 6.28. The van der Waals surface area contributed by atoms with Crippen molar-refractivity contribution in [3.63, 3.8) is 0 Å². The van der Waals surface area contributed by atoms with Crippen LogP contribution in [0.15, 0.2) is 10.6 Å². The van der Waals surface area contributed by atoms with Crippen LogP contribution in [0.25, 0.3) is 0 Å². The van der Waals surface area contributed by atoms with Crippen molar-refractivity contribution < 1.29 is 14.1 Å². The van der Waals surface area contributed by atoms with Gasteiger partial charge in [-0.3, -0.25) is 9.59 Å². The van der Waals surface area contributed by atoms with Gasteiger partial charge in [0.25, 0.3) is 0 Å². The number of rotatable bonds is 4. The van der Waals surface area contributed by atoms with Crippen molar-refractivity contribution in [2.24, 2.45) is 0 Å². The Bertz CT molecular complexity index is 465. The van der Waals surface area contributed by atoms with E-state index in [2.05, 4.69) is 15.8 Å². The van der Waals surface area contributed by atoms with Gasteiger partial charge >= 0.3 is 0 Å². The molecule has 1 aromatic rings. The smallest absolute Gasteiger partial charge is 0.245 e. The summed E-state index contributed by atoms with van der Waals surface area (Å²) in [6.45, 7) is 2.60. The summed E-state index contributed by atoms with van der Waals surface area (Å²) in [6, 6.07) is 1.46. The summed E-state index contributed by atoms with van der Waals surface area (Å²) in [5.41, 5.74) is 0. The van der Waals surface area contributed by atoms with E-state index in [1.165, 1.54) is 4.90 Å². The minimum Gasteiger partial charge on any atom is -0.360 e. The molecule has 0 aliphatic carbocycles. The second-order valence-electron chi connectivity index (χ2n) is 4.71. The van der Waals surface area contributed by atoms with E-state index < -0.39 is 0 Å². The number of carbonyl (C=O) groups excluding carboxylic acids is 2. The van der Waals surface area contributed by atoms with Crippen molar-refractivity contribution >= 4 is 17.6 Å². The lowest BCUT2D eigenvalue weighted by molar-refractivity contribution is -0.134. The highest BCUT2D eigenvalue weighted by Crippen LogP contribution is 2.09. The number of nitrogens with zero attached hydrogens (tertiary/aromatic N) is 2. The molecule has 2 heterocycles. The number of likely N-dealkylation sites (N-methyl/N-ethyl adjacent to an activating group) is 1. The second-order valence-corrected chi connectivity index (χ2v) is 4.71. The van der Waals surface area contributed by atoms with Gasteiger partial charge in [0.2, 0.25) is 11.8 Å². The number of hydrogen-bond acceptors (Lipinski definition) is 5. The monoisotopic (exact) mass is 266 g/mol. The molecule has 1 unspecified atom stereocenters. The summed E-state index contributed by atoms with van der Waals surface area (Å²) in [4.78, 5) is 25.2. The maximum Gasteiger partial charge on any atom is 0.245 e. The van der Waals surface area contributed by atoms with Gasteiger partial charge in [-0.2, -0.15) is 0 Å². The Hall–Kier alpha value is -1.89. The molecule has 1 aliphatic rings. The first-order chi connectivity index (χ1) is 9.06. The van der Waals surface area contributed by atoms with Crippen LogP contribution in [0.3, 0.4) is 0 Å². The second kappa shape index (κ2) is 5.83. The highest BCUT2D eigenvalue weighted by Gasteiger charge is 2.25. The topological polar surface area (TPSA) is 87.5 Å². The molecule has 2 rings (SSSR count). The summed E-state index contributed by atoms with van der Waals surface area (Å²) < 4.78 is 4.84. The molecule has 1 fully saturated rings. The number of hydrogen-bond donors (Lipinski definition) is 2. The maximum absolute atomic E-state index is 12.0. The van der Waals surface area contributed by atoms with Crippen LogP contribution in [0.1, 0.15) is 18.6 Å². The Morgan fingerprint density at radius 1 is 1.63 bits per heavy atom. The van der Waals surface area contributed by atoms with Crippen LogP contribution >= 0.6 is 0 Å². The summed E-state index contributed by atoms with van der Waals surface area (Å²) in [6.07, 6.45) is 1.82. The molecule has 7 heteroatoms. The molecule has 2 N–H and O–H groups in total. The van der Waals surface area contributed by atoms with E-state index in [4.69, 9.17) is 4.52 Å². The number of carbonyl (C=O) groups is 2. The van der Waals surface area contributed by atoms with Crippen molar-refractivity contribution in [3.05, 3.63) is 11.8 Å². The Kier molecular flexibility index (Phi) is 4.16. The normalized spacial score (nSPS) is 18.3. The van der Waals surface area contributed by atoms with Crippen LogP contribution in [-0.2, 0) is 9.59 Å². The zero-order chi connectivity index (χ0) is 13.8. The standard InChI is InChI=1S/C12H18N4O3/c1-8-6-10(15-19-8)14-11(17)7-16(2)12(18)9-4-3-5-13-9/h6,9,13H,3-5,7H2,1-2H3,(H,14,15,17). The predicted molar refractivity (Wildman–Crippen MR) is 68.5 cm³/mol. The first-order valence-corrected chi connectivity index (χ1v) is 6.28. The number of anilines is 1. The first kappa shape index (κ1) is 13.5. The van der Waals surface area contributed by atoms with E-state index in [-0.39, 0.29) is 24.4 Å². The van der Waals surface area contributed by atoms with Crippen molar-refractivity contribution in [2.45, 2.75) is 25.8 Å². The van der Waals surface area contributed by atoms with Crippen molar-refractivity contribution in [1.29, 1.82) is 0 Å². The van der Waals surface area contributed by atoms with Crippen LogP contribution in [0.2, 0.25) is 0 Å². The third-order valence-electron chi connectivity index (χ3n) is 3.01. The fourth-order valence-electron chi connectivity index (χ4n) is 2.06. The van der Waals surface area contributed by atoms with Crippen molar-refractivity contribution in [1.82, 2.24) is 15.4 Å². The zero-order valence-electron chi connectivity index (χ0n) is 11.1. The molecule has 0 spiro atoms. The quantitative estimate of drug-likeness (QED) is 0.809. The van der Waals surface area contributed by atoms with E-state index in [1.807, 2.05) is 0 Å². The van der Waals surface area contributed by atoms with E-state index in [0.29, 0.717) is 11.6 Å². The number of aryl methyl sites for hydroxylation is 1. The predicted octanol–water partition coefficient (Wildman–Crippen LogP) is 0.132. The highest BCUT2D eigenvalue weighted by atomic mass is 16.5. The number of nitrogens with one attached hydrogen (secondary N) is 2. The minimum atomic E-state index is -0.290. The molecule has 1 aliphatic heterocycles. The Morgan fingerprint density at radius 3 is 3.00 bits per heavy atom. The fraction of sp³-hybridized carbons (Fsp3) is 0.583. The van der Waals surface area contributed by atoms with E-state index >= 15 is 0 Å². The van der Waals surface area contributed by atoms with Gasteiger partial charge < -0.3 is 20.1 Å². The molecule has 2 amide bonds. The van der Waals surface area contributed by atoms with Gasteiger partial charge in [0, 0.05) is 13.1 Å². The van der Waals surface area contributed by atoms with Crippen LogP contribution in [-0.4, -0.2) is 48.0 Å². The molecule has 1 saturated heterocycles. The zero-order valence-corrected chi connectivity index (χ0v) is 11.1. The van der Waals surface area contributed by atoms with Crippen molar-refractivity contribution in [2.75, 3.05) is 25.5 Å². The third-order valence-corrected chi connectivity index (χ3v) is 3.01. The van der Waals surface area contributed by atoms with E-state index in [1.54, 1.807) is 20.0 Å². The third kappa shape index (κ3) is 3.54. The molecule has 104 valence electrons. The summed E-state index contributed by atoms with van der Waals surface area (Å²) in [5, 5.41) is 9.36. The fourth-order valence-corrected chi connectivity index (χ4v) is 2.06. The molecular weight excluding hydrogens is 248 g/mol. The van der Waals surface area contributed by atoms with Crippen molar-refractivity contribution in [3.8, 4) is 0 Å². The number of aromatic nitrogens is 1. The van der Waals surface area contributed by atoms with Gasteiger partial charge in [0.1, 0.15) is 5.76 Å². The Labute approximate surface area is 111 Å². The average Bonchev–Trinajstić information content (AvgIpc) is 2.99. The van der Waals surface area contributed by atoms with Crippen LogP contribution < -0.4 is 10.6 Å². The average molecular weight is 266 g/mol. The summed E-state index contributed by atoms with van der Waals surface area (Å²) in [5.74, 6) is 0.642. The van der Waals surface area contributed by atoms with Gasteiger partial charge in [0.15, 0.2) is 5.82 Å². The van der Waals surface area contributed by atoms with E-state index in [9.17, 15) is 9.59 Å². The van der Waals surface area contributed by atoms with Crippen LogP contribution in [0.4, 0.5) is 5.82 Å². The molecule has 0 radical (unpaired) electrons. The number of amides is 2. The molecule has 7 nitrogen and oxygen atoms in total. The highest BCUT2D eigenvalue weighted by molar-refractivity contribution is 5.94. The maximum atomic E-state index is 12.0. The molecule has 0 aromatic carbocycles. The molecule has 1 atom stereocenters. The lowest BCUT2D eigenvalue weighted by Crippen LogP contribution is -2.44. The lowest BCUT2D eigenvalue weighted by atomic mass is 10.2. The SMILES string of the molecule is Cc1cc(NC(=O)CN(C)C(=O)C2CCCN2)no1. The Balaban J connectivity index is 1.82. The Morgan fingerprint density at radius 2 is 2.42 bits per heavy atom. The van der Waals surface area contributed by atoms with E-state index in [0.717, 1.165) is 19.4 Å². The van der Waals surface area contributed by atoms with Gasteiger partial charge in [0.05, 0.1) is 12.6 Å². The summed E-state index contributed by atoms with van der Waals surface area (Å²) in [7, 11) is 1.62. The molecule has 0 bridgehead atoms. The lowest BCUT2D eigenvalue weighted by Gasteiger charge is -2.20. The van der Waals surface area contributed by atoms with Crippen LogP contribution in [0.5, 0.6) is 0 Å². The molecule has 19 heavy (non-hydrogen) atoms. The van der Waals surface area contributed by atoms with Gasteiger partial charge in [-0.1, -0.05) is 5.16 Å². The summed E-state index contributed by atoms with van der Waals surface area (Å²) >= 11 is 0. The molecule has 1 aromatic heterocycles.